The van der Waals surface area contributed by atoms with Gasteiger partial charge in [0.15, 0.2) is 6.10 Å². The molecule has 88 valence electrons. The van der Waals surface area contributed by atoms with Gasteiger partial charge in [0.1, 0.15) is 11.9 Å². The standard InChI is InChI=1S/C10H10BrFO4/c1-16-10(15)9(14)8(13)6-4-5(11)2-3-7(6)12/h2-4,8-9,13-14H,1H3. The lowest BCUT2D eigenvalue weighted by Crippen LogP contribution is -2.29. The zero-order valence-electron chi connectivity index (χ0n) is 8.35. The third-order valence-electron chi connectivity index (χ3n) is 2.02. The molecule has 0 radical (unpaired) electrons. The molecule has 0 heterocycles. The summed E-state index contributed by atoms with van der Waals surface area (Å²) >= 11 is 3.09. The Hall–Kier alpha value is -0.980. The minimum Gasteiger partial charge on any atom is -0.467 e. The monoisotopic (exact) mass is 292 g/mol. The van der Waals surface area contributed by atoms with E-state index in [1.165, 1.54) is 12.1 Å². The van der Waals surface area contributed by atoms with E-state index < -0.39 is 24.0 Å². The molecule has 6 heteroatoms. The Kier molecular flexibility index (Phi) is 4.40. The van der Waals surface area contributed by atoms with E-state index in [9.17, 15) is 19.4 Å². The fraction of sp³-hybridized carbons (Fsp3) is 0.300. The first kappa shape index (κ1) is 13.1. The van der Waals surface area contributed by atoms with Crippen LogP contribution in [0.5, 0.6) is 0 Å². The van der Waals surface area contributed by atoms with Crippen LogP contribution in [-0.4, -0.2) is 29.4 Å². The van der Waals surface area contributed by atoms with Crippen molar-refractivity contribution in [1.29, 1.82) is 0 Å². The molecule has 0 aliphatic rings. The predicted octanol–water partition coefficient (Wildman–Crippen LogP) is 1.16. The SMILES string of the molecule is COC(=O)C(O)C(O)c1cc(Br)ccc1F. The van der Waals surface area contributed by atoms with Crippen molar-refractivity contribution in [3.8, 4) is 0 Å². The van der Waals surface area contributed by atoms with Gasteiger partial charge in [-0.25, -0.2) is 9.18 Å². The van der Waals surface area contributed by atoms with Gasteiger partial charge >= 0.3 is 5.97 Å². The van der Waals surface area contributed by atoms with Gasteiger partial charge in [0.2, 0.25) is 0 Å². The molecule has 2 N–H and O–H groups in total. The highest BCUT2D eigenvalue weighted by Crippen LogP contribution is 2.24. The molecule has 4 nitrogen and oxygen atoms in total. The van der Waals surface area contributed by atoms with Crippen molar-refractivity contribution in [1.82, 2.24) is 0 Å². The Balaban J connectivity index is 2.99. The quantitative estimate of drug-likeness (QED) is 0.821. The lowest BCUT2D eigenvalue weighted by atomic mass is 10.0. The third kappa shape index (κ3) is 2.78. The first-order valence-corrected chi connectivity index (χ1v) is 5.15. The van der Waals surface area contributed by atoms with Crippen molar-refractivity contribution < 1.29 is 24.1 Å². The first-order chi connectivity index (χ1) is 7.47. The average Bonchev–Trinajstić information content (AvgIpc) is 2.29. The molecule has 0 saturated carbocycles. The Morgan fingerprint density at radius 1 is 1.50 bits per heavy atom. The number of esters is 1. The van der Waals surface area contributed by atoms with Crippen LogP contribution in [0, 0.1) is 5.82 Å². The van der Waals surface area contributed by atoms with Crippen LogP contribution in [0.15, 0.2) is 22.7 Å². The zero-order valence-corrected chi connectivity index (χ0v) is 9.94. The van der Waals surface area contributed by atoms with Gasteiger partial charge in [-0.15, -0.1) is 0 Å². The fourth-order valence-electron chi connectivity index (χ4n) is 1.16. The number of methoxy groups -OCH3 is 1. The second-order valence-corrected chi connectivity index (χ2v) is 3.99. The van der Waals surface area contributed by atoms with Gasteiger partial charge in [0.25, 0.3) is 0 Å². The second-order valence-electron chi connectivity index (χ2n) is 3.08. The lowest BCUT2D eigenvalue weighted by Gasteiger charge is -2.16. The highest BCUT2D eigenvalue weighted by atomic mass is 79.9. The summed E-state index contributed by atoms with van der Waals surface area (Å²) in [6, 6.07) is 3.84. The summed E-state index contributed by atoms with van der Waals surface area (Å²) < 4.78 is 18.1. The van der Waals surface area contributed by atoms with Crippen molar-refractivity contribution in [2.75, 3.05) is 7.11 Å². The van der Waals surface area contributed by atoms with Crippen molar-refractivity contribution >= 4 is 21.9 Å². The molecule has 1 aromatic rings. The summed E-state index contributed by atoms with van der Waals surface area (Å²) in [6.45, 7) is 0. The number of ether oxygens (including phenoxy) is 1. The number of carbonyl (C=O) groups excluding carboxylic acids is 1. The van der Waals surface area contributed by atoms with Crippen LogP contribution in [-0.2, 0) is 9.53 Å². The van der Waals surface area contributed by atoms with E-state index in [0.29, 0.717) is 4.47 Å². The molecule has 0 aliphatic carbocycles. The minimum atomic E-state index is -1.81. The Morgan fingerprint density at radius 2 is 2.12 bits per heavy atom. The molecule has 2 atom stereocenters. The molecule has 0 aromatic heterocycles. The maximum Gasteiger partial charge on any atom is 0.337 e. The summed E-state index contributed by atoms with van der Waals surface area (Å²) in [5.74, 6) is -1.73. The van der Waals surface area contributed by atoms with Gasteiger partial charge < -0.3 is 14.9 Å². The zero-order chi connectivity index (χ0) is 12.3. The van der Waals surface area contributed by atoms with Gasteiger partial charge in [0.05, 0.1) is 7.11 Å². The number of hydrogen-bond donors (Lipinski definition) is 2. The van der Waals surface area contributed by atoms with E-state index in [1.807, 2.05) is 0 Å². The molecule has 0 amide bonds. The average molecular weight is 293 g/mol. The number of benzene rings is 1. The van der Waals surface area contributed by atoms with Crippen LogP contribution >= 0.6 is 15.9 Å². The second kappa shape index (κ2) is 5.38. The van der Waals surface area contributed by atoms with Gasteiger partial charge in [-0.2, -0.15) is 0 Å². The highest BCUT2D eigenvalue weighted by Gasteiger charge is 2.28. The summed E-state index contributed by atoms with van der Waals surface area (Å²) in [4.78, 5) is 11.0. The molecule has 1 aromatic carbocycles. The lowest BCUT2D eigenvalue weighted by molar-refractivity contribution is -0.156. The number of rotatable bonds is 3. The van der Waals surface area contributed by atoms with Crippen LogP contribution in [0.25, 0.3) is 0 Å². The molecule has 16 heavy (non-hydrogen) atoms. The minimum absolute atomic E-state index is 0.174. The maximum atomic E-state index is 13.3. The largest absolute Gasteiger partial charge is 0.467 e. The smallest absolute Gasteiger partial charge is 0.337 e. The molecule has 1 rings (SSSR count). The number of aliphatic hydroxyl groups is 2. The maximum absolute atomic E-state index is 13.3. The number of halogens is 2. The van der Waals surface area contributed by atoms with E-state index in [4.69, 9.17) is 0 Å². The van der Waals surface area contributed by atoms with Gasteiger partial charge in [-0.1, -0.05) is 15.9 Å². The number of hydrogen-bond acceptors (Lipinski definition) is 4. The van der Waals surface area contributed by atoms with Crippen LogP contribution in [0.3, 0.4) is 0 Å². The Morgan fingerprint density at radius 3 is 2.69 bits per heavy atom. The normalized spacial score (nSPS) is 14.3. The number of carbonyl (C=O) groups is 1. The van der Waals surface area contributed by atoms with Crippen LogP contribution < -0.4 is 0 Å². The van der Waals surface area contributed by atoms with E-state index in [2.05, 4.69) is 20.7 Å². The Bertz CT molecular complexity index is 396. The third-order valence-corrected chi connectivity index (χ3v) is 2.51. The van der Waals surface area contributed by atoms with Gasteiger partial charge in [0, 0.05) is 10.0 Å². The van der Waals surface area contributed by atoms with Crippen molar-refractivity contribution in [3.05, 3.63) is 34.1 Å². The first-order valence-electron chi connectivity index (χ1n) is 4.36. The molecule has 0 fully saturated rings. The van der Waals surface area contributed by atoms with Gasteiger partial charge in [-0.3, -0.25) is 0 Å². The van der Waals surface area contributed by atoms with E-state index in [-0.39, 0.29) is 5.56 Å². The summed E-state index contributed by atoms with van der Waals surface area (Å²) in [5.41, 5.74) is -0.174. The molecular formula is C10H10BrFO4. The van der Waals surface area contributed by atoms with Crippen LogP contribution in [0.1, 0.15) is 11.7 Å². The summed E-state index contributed by atoms with van der Waals surface area (Å²) in [5, 5.41) is 18.9. The molecule has 0 aliphatic heterocycles. The predicted molar refractivity (Wildman–Crippen MR) is 57.1 cm³/mol. The van der Waals surface area contributed by atoms with Crippen LogP contribution in [0.2, 0.25) is 0 Å². The molecule has 0 spiro atoms. The van der Waals surface area contributed by atoms with Gasteiger partial charge in [-0.05, 0) is 18.2 Å². The molecule has 0 bridgehead atoms. The number of aliphatic hydroxyl groups excluding tert-OH is 2. The molecule has 0 saturated heterocycles. The summed E-state index contributed by atoms with van der Waals surface area (Å²) in [7, 11) is 1.07. The van der Waals surface area contributed by atoms with E-state index in [1.54, 1.807) is 0 Å². The van der Waals surface area contributed by atoms with Crippen molar-refractivity contribution in [2.24, 2.45) is 0 Å². The highest BCUT2D eigenvalue weighted by molar-refractivity contribution is 9.10. The fourth-order valence-corrected chi connectivity index (χ4v) is 1.54. The topological polar surface area (TPSA) is 66.8 Å². The van der Waals surface area contributed by atoms with Crippen molar-refractivity contribution in [3.63, 3.8) is 0 Å². The summed E-state index contributed by atoms with van der Waals surface area (Å²) in [6.07, 6.45) is -3.47. The van der Waals surface area contributed by atoms with E-state index in [0.717, 1.165) is 13.2 Å². The molecular weight excluding hydrogens is 283 g/mol. The Labute approximate surface area is 99.8 Å². The molecule has 2 unspecified atom stereocenters. The van der Waals surface area contributed by atoms with Crippen LogP contribution in [0.4, 0.5) is 4.39 Å². The van der Waals surface area contributed by atoms with E-state index >= 15 is 0 Å². The van der Waals surface area contributed by atoms with Crippen molar-refractivity contribution in [2.45, 2.75) is 12.2 Å².